The minimum Gasteiger partial charge on any atom is -0.493 e. The number of methoxy groups -OCH3 is 2. The Morgan fingerprint density at radius 2 is 1.94 bits per heavy atom. The van der Waals surface area contributed by atoms with Crippen LogP contribution in [0.5, 0.6) is 11.5 Å². The fraction of sp³-hybridized carbons (Fsp3) is 0.417. The van der Waals surface area contributed by atoms with Crippen molar-refractivity contribution in [2.45, 2.75) is 13.3 Å². The highest BCUT2D eigenvalue weighted by Crippen LogP contribution is 2.31. The highest BCUT2D eigenvalue weighted by molar-refractivity contribution is 5.81. The molecule has 1 heterocycles. The number of rotatable bonds is 5. The van der Waals surface area contributed by atoms with E-state index in [0.717, 1.165) is 29.9 Å². The van der Waals surface area contributed by atoms with Gasteiger partial charge in [0.15, 0.2) is 11.5 Å². The molecule has 0 aliphatic heterocycles. The fourth-order valence-electron chi connectivity index (χ4n) is 1.66. The van der Waals surface area contributed by atoms with Gasteiger partial charge in [-0.05, 0) is 6.42 Å². The number of nitrogens with one attached hydrogen (secondary N) is 2. The van der Waals surface area contributed by atoms with Crippen LogP contribution in [-0.2, 0) is 0 Å². The Bertz CT molecular complexity index is 467. The number of H-pyrrole nitrogens is 1. The smallest absolute Gasteiger partial charge is 0.201 e. The number of anilines is 1. The Balaban J connectivity index is 2.39. The predicted octanol–water partition coefficient (Wildman–Crippen LogP) is 2.40. The van der Waals surface area contributed by atoms with Crippen LogP contribution >= 0.6 is 0 Å². The molecule has 2 aromatic rings. The largest absolute Gasteiger partial charge is 0.493 e. The van der Waals surface area contributed by atoms with Gasteiger partial charge in [0.05, 0.1) is 25.3 Å². The van der Waals surface area contributed by atoms with E-state index in [1.807, 2.05) is 12.1 Å². The van der Waals surface area contributed by atoms with Crippen molar-refractivity contribution in [2.24, 2.45) is 0 Å². The number of ether oxygens (including phenoxy) is 2. The third-order valence-corrected chi connectivity index (χ3v) is 2.53. The summed E-state index contributed by atoms with van der Waals surface area (Å²) in [5.41, 5.74) is 1.79. The van der Waals surface area contributed by atoms with Gasteiger partial charge in [-0.3, -0.25) is 0 Å². The van der Waals surface area contributed by atoms with Crippen LogP contribution < -0.4 is 14.8 Å². The zero-order valence-corrected chi connectivity index (χ0v) is 10.3. The Kier molecular flexibility index (Phi) is 3.37. The van der Waals surface area contributed by atoms with E-state index in [0.29, 0.717) is 11.5 Å². The van der Waals surface area contributed by atoms with Crippen LogP contribution in [0.15, 0.2) is 12.1 Å². The number of hydrogen-bond donors (Lipinski definition) is 2. The van der Waals surface area contributed by atoms with Crippen LogP contribution in [0.25, 0.3) is 11.0 Å². The third-order valence-electron chi connectivity index (χ3n) is 2.53. The van der Waals surface area contributed by atoms with Gasteiger partial charge in [-0.2, -0.15) is 0 Å². The maximum Gasteiger partial charge on any atom is 0.201 e. The molecule has 17 heavy (non-hydrogen) atoms. The summed E-state index contributed by atoms with van der Waals surface area (Å²) in [6.45, 7) is 3.01. The Hall–Kier alpha value is -1.91. The number of nitrogens with zero attached hydrogens (tertiary/aromatic N) is 1. The van der Waals surface area contributed by atoms with Crippen molar-refractivity contribution in [1.82, 2.24) is 9.97 Å². The topological polar surface area (TPSA) is 59.2 Å². The van der Waals surface area contributed by atoms with E-state index in [4.69, 9.17) is 9.47 Å². The molecule has 0 aliphatic rings. The van der Waals surface area contributed by atoms with Crippen LogP contribution in [0.1, 0.15) is 13.3 Å². The van der Waals surface area contributed by atoms with E-state index < -0.39 is 0 Å². The lowest BCUT2D eigenvalue weighted by atomic mass is 10.3. The van der Waals surface area contributed by atoms with Gasteiger partial charge in [-0.1, -0.05) is 6.92 Å². The summed E-state index contributed by atoms with van der Waals surface area (Å²) >= 11 is 0. The van der Waals surface area contributed by atoms with Crippen molar-refractivity contribution >= 4 is 17.0 Å². The normalized spacial score (nSPS) is 10.5. The quantitative estimate of drug-likeness (QED) is 0.835. The van der Waals surface area contributed by atoms with Gasteiger partial charge in [-0.25, -0.2) is 4.98 Å². The lowest BCUT2D eigenvalue weighted by Crippen LogP contribution is -2.00. The third kappa shape index (κ3) is 2.27. The van der Waals surface area contributed by atoms with Crippen molar-refractivity contribution < 1.29 is 9.47 Å². The predicted molar refractivity (Wildman–Crippen MR) is 68.0 cm³/mol. The summed E-state index contributed by atoms with van der Waals surface area (Å²) in [7, 11) is 3.24. The second kappa shape index (κ2) is 4.95. The Labute approximate surface area is 100 Å². The maximum atomic E-state index is 5.24. The van der Waals surface area contributed by atoms with Gasteiger partial charge in [0.25, 0.3) is 0 Å². The molecule has 0 spiro atoms. The highest BCUT2D eigenvalue weighted by atomic mass is 16.5. The highest BCUT2D eigenvalue weighted by Gasteiger charge is 2.09. The zero-order valence-electron chi connectivity index (χ0n) is 10.3. The molecule has 0 aliphatic carbocycles. The molecule has 1 aromatic heterocycles. The summed E-state index contributed by atoms with van der Waals surface area (Å²) in [5.74, 6) is 2.16. The fourth-order valence-corrected chi connectivity index (χ4v) is 1.66. The molecule has 0 radical (unpaired) electrons. The standard InChI is InChI=1S/C12H17N3O2/c1-4-5-13-12-14-8-6-10(16-2)11(17-3)7-9(8)15-12/h6-7H,4-5H2,1-3H3,(H2,13,14,15). The molecule has 0 saturated carbocycles. The van der Waals surface area contributed by atoms with Crippen molar-refractivity contribution in [3.63, 3.8) is 0 Å². The van der Waals surface area contributed by atoms with E-state index >= 15 is 0 Å². The van der Waals surface area contributed by atoms with Crippen LogP contribution in [-0.4, -0.2) is 30.7 Å². The number of hydrogen-bond acceptors (Lipinski definition) is 4. The maximum absolute atomic E-state index is 5.24. The zero-order chi connectivity index (χ0) is 12.3. The Morgan fingerprint density at radius 1 is 1.24 bits per heavy atom. The van der Waals surface area contributed by atoms with E-state index in [1.165, 1.54) is 0 Å². The summed E-state index contributed by atoms with van der Waals surface area (Å²) in [6, 6.07) is 3.75. The van der Waals surface area contributed by atoms with Crippen molar-refractivity contribution in [2.75, 3.05) is 26.1 Å². The Morgan fingerprint density at radius 3 is 2.59 bits per heavy atom. The molecule has 5 heteroatoms. The van der Waals surface area contributed by atoms with Crippen LogP contribution in [0.4, 0.5) is 5.95 Å². The molecular formula is C12H17N3O2. The minimum atomic E-state index is 0.688. The van der Waals surface area contributed by atoms with Gasteiger partial charge in [-0.15, -0.1) is 0 Å². The van der Waals surface area contributed by atoms with Gasteiger partial charge >= 0.3 is 0 Å². The van der Waals surface area contributed by atoms with Crippen LogP contribution in [0.3, 0.4) is 0 Å². The average Bonchev–Trinajstić information content (AvgIpc) is 2.76. The van der Waals surface area contributed by atoms with Crippen molar-refractivity contribution in [3.05, 3.63) is 12.1 Å². The molecule has 2 N–H and O–H groups in total. The van der Waals surface area contributed by atoms with Gasteiger partial charge in [0, 0.05) is 18.7 Å². The molecule has 0 unspecified atom stereocenters. The van der Waals surface area contributed by atoms with Crippen LogP contribution in [0.2, 0.25) is 0 Å². The lowest BCUT2D eigenvalue weighted by Gasteiger charge is -2.06. The second-order valence-electron chi connectivity index (χ2n) is 3.74. The lowest BCUT2D eigenvalue weighted by molar-refractivity contribution is 0.356. The number of fused-ring (bicyclic) bond motifs is 1. The summed E-state index contributed by atoms with van der Waals surface area (Å²) < 4.78 is 10.5. The van der Waals surface area contributed by atoms with Crippen LogP contribution in [0, 0.1) is 0 Å². The second-order valence-corrected chi connectivity index (χ2v) is 3.74. The minimum absolute atomic E-state index is 0.688. The summed E-state index contributed by atoms with van der Waals surface area (Å²) in [5, 5.41) is 3.21. The average molecular weight is 235 g/mol. The molecule has 0 fully saturated rings. The molecule has 0 saturated heterocycles. The number of benzene rings is 1. The molecular weight excluding hydrogens is 218 g/mol. The van der Waals surface area contributed by atoms with Gasteiger partial charge < -0.3 is 19.8 Å². The first-order valence-electron chi connectivity index (χ1n) is 5.64. The summed E-state index contributed by atoms with van der Waals surface area (Å²) in [6.07, 6.45) is 1.06. The molecule has 5 nitrogen and oxygen atoms in total. The van der Waals surface area contributed by atoms with Crippen molar-refractivity contribution in [3.8, 4) is 11.5 Å². The first kappa shape index (κ1) is 11.6. The first-order valence-corrected chi connectivity index (χ1v) is 5.64. The number of aromatic amines is 1. The monoisotopic (exact) mass is 235 g/mol. The number of aromatic nitrogens is 2. The van der Waals surface area contributed by atoms with E-state index in [-0.39, 0.29) is 0 Å². The van der Waals surface area contributed by atoms with E-state index in [9.17, 15) is 0 Å². The van der Waals surface area contributed by atoms with Gasteiger partial charge in [0.1, 0.15) is 0 Å². The van der Waals surface area contributed by atoms with Gasteiger partial charge in [0.2, 0.25) is 5.95 Å². The van der Waals surface area contributed by atoms with Crippen molar-refractivity contribution in [1.29, 1.82) is 0 Å². The molecule has 92 valence electrons. The molecule has 0 atom stereocenters. The summed E-state index contributed by atoms with van der Waals surface area (Å²) in [4.78, 5) is 7.63. The molecule has 1 aromatic carbocycles. The first-order chi connectivity index (χ1) is 8.28. The van der Waals surface area contributed by atoms with E-state index in [1.54, 1.807) is 14.2 Å². The molecule has 0 bridgehead atoms. The SMILES string of the molecule is CCCNc1nc2cc(OC)c(OC)cc2[nH]1. The van der Waals surface area contributed by atoms with E-state index in [2.05, 4.69) is 22.2 Å². The molecule has 2 rings (SSSR count). The number of imidazole rings is 1. The molecule has 0 amide bonds.